The highest BCUT2D eigenvalue weighted by Crippen LogP contribution is 2.30. The molecule has 0 aromatic heterocycles. The molecule has 3 aromatic rings. The number of esters is 1. The highest BCUT2D eigenvalue weighted by Gasteiger charge is 2.30. The number of hydrogen-bond donors (Lipinski definition) is 1. The van der Waals surface area contributed by atoms with Crippen molar-refractivity contribution < 1.29 is 27.5 Å². The molecule has 1 amide bonds. The summed E-state index contributed by atoms with van der Waals surface area (Å²) in [5, 5.41) is 4.24. The topological polar surface area (TPSA) is 55.4 Å². The van der Waals surface area contributed by atoms with E-state index in [1.165, 1.54) is 18.2 Å². The largest absolute Gasteiger partial charge is 0.452 e. The van der Waals surface area contributed by atoms with Crippen molar-refractivity contribution in [2.45, 2.75) is 6.18 Å². The minimum atomic E-state index is -4.51. The highest BCUT2D eigenvalue weighted by molar-refractivity contribution is 5.97. The molecule has 0 bridgehead atoms. The van der Waals surface area contributed by atoms with Crippen LogP contribution in [0.4, 0.5) is 18.9 Å². The summed E-state index contributed by atoms with van der Waals surface area (Å²) in [5.41, 5.74) is -0.106. The second-order valence-electron chi connectivity index (χ2n) is 6.14. The summed E-state index contributed by atoms with van der Waals surface area (Å²) >= 11 is 0. The normalized spacial score (nSPS) is 11.6. The molecule has 0 unspecified atom stereocenters. The number of ether oxygens (including phenoxy) is 1. The Bertz CT molecular complexity index is 1070. The van der Waals surface area contributed by atoms with E-state index in [0.29, 0.717) is 0 Å². The maximum Gasteiger partial charge on any atom is 0.416 e. The average molecular weight is 399 g/mol. The van der Waals surface area contributed by atoms with Gasteiger partial charge >= 0.3 is 12.1 Å². The number of carbonyl (C=O) groups excluding carboxylic acids is 2. The van der Waals surface area contributed by atoms with Crippen molar-refractivity contribution in [2.24, 2.45) is 0 Å². The summed E-state index contributed by atoms with van der Waals surface area (Å²) in [6.45, 7) is -0.616. The lowest BCUT2D eigenvalue weighted by molar-refractivity contribution is -0.142. The third kappa shape index (κ3) is 5.44. The van der Waals surface area contributed by atoms with Crippen LogP contribution >= 0.6 is 0 Å². The monoisotopic (exact) mass is 399 g/mol. The zero-order chi connectivity index (χ0) is 20.9. The van der Waals surface area contributed by atoms with Gasteiger partial charge in [0.1, 0.15) is 0 Å². The molecule has 1 N–H and O–H groups in total. The van der Waals surface area contributed by atoms with E-state index in [1.54, 1.807) is 6.08 Å². The Morgan fingerprint density at radius 3 is 2.48 bits per heavy atom. The van der Waals surface area contributed by atoms with Gasteiger partial charge in [-0.25, -0.2) is 4.79 Å². The molecule has 0 spiro atoms. The van der Waals surface area contributed by atoms with Gasteiger partial charge in [-0.1, -0.05) is 48.5 Å². The van der Waals surface area contributed by atoms with Crippen LogP contribution in [0.2, 0.25) is 0 Å². The van der Waals surface area contributed by atoms with E-state index in [-0.39, 0.29) is 5.69 Å². The molecule has 3 rings (SSSR count). The molecule has 0 fully saturated rings. The Hall–Kier alpha value is -3.61. The van der Waals surface area contributed by atoms with Crippen LogP contribution in [0.5, 0.6) is 0 Å². The molecule has 0 atom stereocenters. The van der Waals surface area contributed by atoms with E-state index < -0.39 is 30.2 Å². The number of hydrogen-bond acceptors (Lipinski definition) is 3. The van der Waals surface area contributed by atoms with Gasteiger partial charge in [0.2, 0.25) is 0 Å². The lowest BCUT2D eigenvalue weighted by Gasteiger charge is -2.09. The quantitative estimate of drug-likeness (QED) is 0.482. The fraction of sp³-hybridized carbons (Fsp3) is 0.0909. The van der Waals surface area contributed by atoms with Crippen LogP contribution in [0.15, 0.2) is 72.8 Å². The molecule has 4 nitrogen and oxygen atoms in total. The average Bonchev–Trinajstić information content (AvgIpc) is 2.70. The smallest absolute Gasteiger partial charge is 0.416 e. The van der Waals surface area contributed by atoms with Gasteiger partial charge in [-0.15, -0.1) is 0 Å². The van der Waals surface area contributed by atoms with Crippen LogP contribution in [0, 0.1) is 0 Å². The molecular weight excluding hydrogens is 383 g/mol. The SMILES string of the molecule is O=C(COC(=O)C=Cc1cccc2ccccc12)Nc1cccc(C(F)(F)F)c1. The van der Waals surface area contributed by atoms with Crippen LogP contribution < -0.4 is 5.32 Å². The van der Waals surface area contributed by atoms with E-state index in [4.69, 9.17) is 4.74 Å². The van der Waals surface area contributed by atoms with Crippen molar-refractivity contribution in [3.63, 3.8) is 0 Å². The zero-order valence-corrected chi connectivity index (χ0v) is 15.1. The Labute approximate surface area is 164 Å². The number of alkyl halides is 3. The van der Waals surface area contributed by atoms with Gasteiger partial charge in [0.05, 0.1) is 5.56 Å². The van der Waals surface area contributed by atoms with Gasteiger partial charge < -0.3 is 10.1 Å². The van der Waals surface area contributed by atoms with Crippen molar-refractivity contribution in [2.75, 3.05) is 11.9 Å². The summed E-state index contributed by atoms with van der Waals surface area (Å²) in [4.78, 5) is 23.7. The maximum absolute atomic E-state index is 12.7. The fourth-order valence-electron chi connectivity index (χ4n) is 2.71. The van der Waals surface area contributed by atoms with Crippen LogP contribution in [0.1, 0.15) is 11.1 Å². The summed E-state index contributed by atoms with van der Waals surface area (Å²) in [6.07, 6.45) is -1.74. The van der Waals surface area contributed by atoms with Crippen molar-refractivity contribution in [1.82, 2.24) is 0 Å². The van der Waals surface area contributed by atoms with Gasteiger partial charge in [0.15, 0.2) is 6.61 Å². The van der Waals surface area contributed by atoms with Gasteiger partial charge in [-0.3, -0.25) is 4.79 Å². The molecule has 7 heteroatoms. The molecule has 0 aliphatic rings. The molecule has 3 aromatic carbocycles. The van der Waals surface area contributed by atoms with Crippen LogP contribution in [0.25, 0.3) is 16.8 Å². The Morgan fingerprint density at radius 2 is 1.69 bits per heavy atom. The lowest BCUT2D eigenvalue weighted by Crippen LogP contribution is -2.20. The number of fused-ring (bicyclic) bond motifs is 1. The Balaban J connectivity index is 1.56. The number of anilines is 1. The van der Waals surface area contributed by atoms with E-state index in [0.717, 1.165) is 28.5 Å². The summed E-state index contributed by atoms with van der Waals surface area (Å²) in [6, 6.07) is 17.5. The third-order valence-electron chi connectivity index (χ3n) is 4.04. The Morgan fingerprint density at radius 1 is 0.966 bits per heavy atom. The molecule has 0 heterocycles. The molecule has 0 saturated heterocycles. The molecule has 29 heavy (non-hydrogen) atoms. The minimum Gasteiger partial charge on any atom is -0.452 e. The molecule has 148 valence electrons. The number of carbonyl (C=O) groups is 2. The van der Waals surface area contributed by atoms with Crippen molar-refractivity contribution >= 4 is 34.4 Å². The van der Waals surface area contributed by atoms with Gasteiger partial charge in [-0.2, -0.15) is 13.2 Å². The number of amides is 1. The maximum atomic E-state index is 12.7. The van der Waals surface area contributed by atoms with Crippen molar-refractivity contribution in [1.29, 1.82) is 0 Å². The van der Waals surface area contributed by atoms with E-state index >= 15 is 0 Å². The number of benzene rings is 3. The molecule has 0 aliphatic carbocycles. The van der Waals surface area contributed by atoms with Gasteiger partial charge in [0, 0.05) is 11.8 Å². The predicted octanol–water partition coefficient (Wildman–Crippen LogP) is 5.05. The van der Waals surface area contributed by atoms with Crippen LogP contribution in [-0.2, 0) is 20.5 Å². The number of halogens is 3. The van der Waals surface area contributed by atoms with Crippen molar-refractivity contribution in [3.05, 3.63) is 83.9 Å². The minimum absolute atomic E-state index is 0.0350. The molecule has 0 saturated carbocycles. The standard InChI is InChI=1S/C22H16F3NO3/c23-22(24,25)17-8-4-9-18(13-17)26-20(27)14-29-21(28)12-11-16-7-3-6-15-5-1-2-10-19(15)16/h1-13H,14H2,(H,26,27). The first kappa shape index (κ1) is 20.1. The van der Waals surface area contributed by atoms with E-state index in [1.807, 2.05) is 42.5 Å². The molecule has 0 aliphatic heterocycles. The summed E-state index contributed by atoms with van der Waals surface area (Å²) in [5.74, 6) is -1.48. The summed E-state index contributed by atoms with van der Waals surface area (Å²) in [7, 11) is 0. The lowest BCUT2D eigenvalue weighted by atomic mass is 10.0. The fourth-order valence-corrected chi connectivity index (χ4v) is 2.71. The first-order valence-electron chi connectivity index (χ1n) is 8.62. The van der Waals surface area contributed by atoms with E-state index in [2.05, 4.69) is 5.32 Å². The first-order valence-corrected chi connectivity index (χ1v) is 8.62. The molecular formula is C22H16F3NO3. The van der Waals surface area contributed by atoms with Gasteiger partial charge in [0.25, 0.3) is 5.91 Å². The number of rotatable bonds is 5. The second-order valence-corrected chi connectivity index (χ2v) is 6.14. The Kier molecular flexibility index (Phi) is 5.97. The van der Waals surface area contributed by atoms with Crippen LogP contribution in [-0.4, -0.2) is 18.5 Å². The number of nitrogens with one attached hydrogen (secondary N) is 1. The third-order valence-corrected chi connectivity index (χ3v) is 4.04. The summed E-state index contributed by atoms with van der Waals surface area (Å²) < 4.78 is 42.9. The van der Waals surface area contributed by atoms with Crippen LogP contribution in [0.3, 0.4) is 0 Å². The molecule has 0 radical (unpaired) electrons. The second kappa shape index (κ2) is 8.60. The zero-order valence-electron chi connectivity index (χ0n) is 15.1. The van der Waals surface area contributed by atoms with E-state index in [9.17, 15) is 22.8 Å². The van der Waals surface area contributed by atoms with Crippen molar-refractivity contribution in [3.8, 4) is 0 Å². The predicted molar refractivity (Wildman–Crippen MR) is 104 cm³/mol. The first-order chi connectivity index (χ1) is 13.8. The highest BCUT2D eigenvalue weighted by atomic mass is 19.4. The van der Waals surface area contributed by atoms with Gasteiger partial charge in [-0.05, 0) is 40.6 Å².